The summed E-state index contributed by atoms with van der Waals surface area (Å²) in [5, 5.41) is 9.13. The molecule has 2 aromatic carbocycles. The monoisotopic (exact) mass is 430 g/mol. The molecule has 21 heavy (non-hydrogen) atoms. The van der Waals surface area contributed by atoms with Gasteiger partial charge in [-0.05, 0) is 42.0 Å². The fourth-order valence-electron chi connectivity index (χ4n) is 1.55. The fraction of sp³-hybridized carbons (Fsp3) is 0. The number of hydrogen-bond acceptors (Lipinski definition) is 2. The Bertz CT molecular complexity index is 714. The molecule has 0 unspecified atom stereocenters. The van der Waals surface area contributed by atoms with E-state index in [1.54, 1.807) is 30.3 Å². The quantitative estimate of drug-likeness (QED) is 0.626. The van der Waals surface area contributed by atoms with Crippen molar-refractivity contribution < 1.29 is 14.6 Å². The third-order valence-corrected chi connectivity index (χ3v) is 3.99. The molecular formula is C15H9Br2ClO3. The Morgan fingerprint density at radius 1 is 1.19 bits per heavy atom. The van der Waals surface area contributed by atoms with E-state index in [4.69, 9.17) is 21.4 Å². The normalized spacial score (nSPS) is 10.8. The van der Waals surface area contributed by atoms with Crippen LogP contribution in [0.1, 0.15) is 5.56 Å². The maximum atomic E-state index is 10.5. The third-order valence-electron chi connectivity index (χ3n) is 2.50. The predicted octanol–water partition coefficient (Wildman–Crippen LogP) is 5.76. The molecule has 0 radical (unpaired) electrons. The van der Waals surface area contributed by atoms with Crippen LogP contribution in [0.15, 0.2) is 51.4 Å². The minimum Gasteiger partial charge on any atom is -0.478 e. The zero-order valence-electron chi connectivity index (χ0n) is 10.5. The first kappa shape index (κ1) is 16.1. The number of ether oxygens (including phenoxy) is 1. The number of carbonyl (C=O) groups is 1. The van der Waals surface area contributed by atoms with Crippen LogP contribution in [0.2, 0.25) is 5.02 Å². The Balaban J connectivity index is 2.24. The van der Waals surface area contributed by atoms with Gasteiger partial charge in [-0.2, -0.15) is 0 Å². The van der Waals surface area contributed by atoms with Gasteiger partial charge >= 0.3 is 5.97 Å². The number of aliphatic carboxylic acids is 1. The molecule has 0 heterocycles. The van der Waals surface area contributed by atoms with Crippen LogP contribution in [0.5, 0.6) is 11.5 Å². The molecule has 0 aromatic heterocycles. The van der Waals surface area contributed by atoms with Gasteiger partial charge < -0.3 is 9.84 Å². The van der Waals surface area contributed by atoms with Crippen LogP contribution in [-0.4, -0.2) is 11.1 Å². The fourth-order valence-corrected chi connectivity index (χ4v) is 2.54. The van der Waals surface area contributed by atoms with Crippen LogP contribution in [0.3, 0.4) is 0 Å². The van der Waals surface area contributed by atoms with Crippen molar-refractivity contribution in [2.24, 2.45) is 0 Å². The molecule has 1 N–H and O–H groups in total. The highest BCUT2D eigenvalue weighted by Crippen LogP contribution is 2.33. The Kier molecular flexibility index (Phi) is 5.45. The largest absolute Gasteiger partial charge is 0.478 e. The van der Waals surface area contributed by atoms with Crippen molar-refractivity contribution in [3.05, 3.63) is 62.0 Å². The lowest BCUT2D eigenvalue weighted by Crippen LogP contribution is -1.88. The van der Waals surface area contributed by atoms with E-state index >= 15 is 0 Å². The topological polar surface area (TPSA) is 46.5 Å². The number of halogens is 3. The van der Waals surface area contributed by atoms with Gasteiger partial charge in [-0.25, -0.2) is 4.79 Å². The molecule has 2 aromatic rings. The van der Waals surface area contributed by atoms with Crippen LogP contribution in [0.25, 0.3) is 6.08 Å². The summed E-state index contributed by atoms with van der Waals surface area (Å²) in [5.41, 5.74) is 0.741. The molecule has 2 rings (SSSR count). The van der Waals surface area contributed by atoms with Gasteiger partial charge in [-0.15, -0.1) is 0 Å². The summed E-state index contributed by atoms with van der Waals surface area (Å²) in [6, 6.07) is 10.6. The van der Waals surface area contributed by atoms with Crippen molar-refractivity contribution in [1.29, 1.82) is 0 Å². The first-order valence-corrected chi connectivity index (χ1v) is 7.75. The lowest BCUT2D eigenvalue weighted by molar-refractivity contribution is -0.131. The Hall–Kier alpha value is -1.30. The minimum atomic E-state index is -0.997. The molecule has 0 bridgehead atoms. The summed E-state index contributed by atoms with van der Waals surface area (Å²) in [7, 11) is 0. The smallest absolute Gasteiger partial charge is 0.328 e. The Morgan fingerprint density at radius 2 is 1.95 bits per heavy atom. The van der Waals surface area contributed by atoms with Crippen LogP contribution in [0, 0.1) is 0 Å². The maximum absolute atomic E-state index is 10.5. The average Bonchev–Trinajstić information content (AvgIpc) is 2.42. The zero-order valence-corrected chi connectivity index (χ0v) is 14.4. The zero-order chi connectivity index (χ0) is 15.4. The lowest BCUT2D eigenvalue weighted by atomic mass is 10.2. The molecule has 0 aliphatic heterocycles. The van der Waals surface area contributed by atoms with Crippen molar-refractivity contribution in [3.8, 4) is 11.5 Å². The predicted molar refractivity (Wildman–Crippen MR) is 90.0 cm³/mol. The molecule has 0 saturated carbocycles. The van der Waals surface area contributed by atoms with Gasteiger partial charge in [0, 0.05) is 15.0 Å². The van der Waals surface area contributed by atoms with E-state index in [1.165, 1.54) is 6.08 Å². The number of hydrogen-bond donors (Lipinski definition) is 1. The summed E-state index contributed by atoms with van der Waals surface area (Å²) >= 11 is 12.8. The van der Waals surface area contributed by atoms with E-state index in [1.807, 2.05) is 6.07 Å². The van der Waals surface area contributed by atoms with Gasteiger partial charge in [0.05, 0.1) is 5.02 Å². The Morgan fingerprint density at radius 3 is 2.62 bits per heavy atom. The van der Waals surface area contributed by atoms with Crippen LogP contribution >= 0.6 is 43.5 Å². The van der Waals surface area contributed by atoms with Crippen molar-refractivity contribution in [2.45, 2.75) is 0 Å². The molecule has 0 aliphatic carbocycles. The van der Waals surface area contributed by atoms with E-state index in [0.29, 0.717) is 16.5 Å². The number of carboxylic acids is 1. The van der Waals surface area contributed by atoms with E-state index in [-0.39, 0.29) is 0 Å². The average molecular weight is 432 g/mol. The van der Waals surface area contributed by atoms with Gasteiger partial charge in [0.15, 0.2) is 0 Å². The standard InChI is InChI=1S/C15H9Br2ClO3/c16-10-3-5-13(18)14(7-10)21-11-4-1-9(12(17)8-11)2-6-15(19)20/h1-8H,(H,19,20)/b6-2+. The molecule has 0 spiro atoms. The third kappa shape index (κ3) is 4.59. The first-order valence-electron chi connectivity index (χ1n) is 5.79. The molecule has 108 valence electrons. The molecule has 0 aliphatic rings. The molecule has 6 heteroatoms. The highest BCUT2D eigenvalue weighted by atomic mass is 79.9. The van der Waals surface area contributed by atoms with E-state index in [0.717, 1.165) is 20.6 Å². The number of rotatable bonds is 4. The van der Waals surface area contributed by atoms with Gasteiger partial charge in [-0.3, -0.25) is 0 Å². The van der Waals surface area contributed by atoms with Crippen LogP contribution in [0.4, 0.5) is 0 Å². The molecule has 0 atom stereocenters. The van der Waals surface area contributed by atoms with Crippen LogP contribution < -0.4 is 4.74 Å². The summed E-state index contributed by atoms with van der Waals surface area (Å²) in [4.78, 5) is 10.5. The first-order chi connectivity index (χ1) is 9.95. The minimum absolute atomic E-state index is 0.504. The van der Waals surface area contributed by atoms with Gasteiger partial charge in [-0.1, -0.05) is 49.5 Å². The summed E-state index contributed by atoms with van der Waals surface area (Å²) in [6.45, 7) is 0. The van der Waals surface area contributed by atoms with Gasteiger partial charge in [0.1, 0.15) is 11.5 Å². The van der Waals surface area contributed by atoms with Crippen molar-refractivity contribution >= 4 is 55.5 Å². The van der Waals surface area contributed by atoms with E-state index < -0.39 is 5.97 Å². The van der Waals surface area contributed by atoms with E-state index in [9.17, 15) is 4.79 Å². The van der Waals surface area contributed by atoms with Crippen molar-refractivity contribution in [2.75, 3.05) is 0 Å². The Labute approximate surface area is 143 Å². The second-order valence-corrected chi connectivity index (χ2v) is 6.21. The SMILES string of the molecule is O=C(O)/C=C/c1ccc(Oc2cc(Br)ccc2Cl)cc1Br. The number of benzene rings is 2. The summed E-state index contributed by atoms with van der Waals surface area (Å²) in [5.74, 6) is 0.129. The maximum Gasteiger partial charge on any atom is 0.328 e. The van der Waals surface area contributed by atoms with Crippen molar-refractivity contribution in [1.82, 2.24) is 0 Å². The molecule has 0 amide bonds. The molecule has 3 nitrogen and oxygen atoms in total. The van der Waals surface area contributed by atoms with Crippen molar-refractivity contribution in [3.63, 3.8) is 0 Å². The lowest BCUT2D eigenvalue weighted by Gasteiger charge is -2.09. The number of carboxylic acid groups (broad SMARTS) is 1. The molecule has 0 saturated heterocycles. The molecular weight excluding hydrogens is 423 g/mol. The highest BCUT2D eigenvalue weighted by Gasteiger charge is 2.06. The van der Waals surface area contributed by atoms with Gasteiger partial charge in [0.2, 0.25) is 0 Å². The highest BCUT2D eigenvalue weighted by molar-refractivity contribution is 9.10. The summed E-state index contributed by atoms with van der Waals surface area (Å²) in [6.07, 6.45) is 2.58. The van der Waals surface area contributed by atoms with Crippen LogP contribution in [-0.2, 0) is 4.79 Å². The second kappa shape index (κ2) is 7.11. The van der Waals surface area contributed by atoms with E-state index in [2.05, 4.69) is 31.9 Å². The van der Waals surface area contributed by atoms with Gasteiger partial charge in [0.25, 0.3) is 0 Å². The second-order valence-electron chi connectivity index (χ2n) is 4.03. The molecule has 0 fully saturated rings. The summed E-state index contributed by atoms with van der Waals surface area (Å²) < 4.78 is 7.31.